The monoisotopic (exact) mass is 274 g/mol. The second-order valence-electron chi connectivity index (χ2n) is 0.305. The first-order chi connectivity index (χ1) is 1.73. The number of hydrogen-bond donors (Lipinski definition) is 1. The summed E-state index contributed by atoms with van der Waals surface area (Å²) in [5, 5.41) is 7.42. The molecule has 0 bridgehead atoms. The summed E-state index contributed by atoms with van der Waals surface area (Å²) in [6.07, 6.45) is 0. The van der Waals surface area contributed by atoms with Crippen molar-refractivity contribution in [1.29, 1.82) is 0 Å². The molecule has 0 unspecified atom stereocenters. The van der Waals surface area contributed by atoms with Crippen LogP contribution in [0.15, 0.2) is 0 Å². The van der Waals surface area contributed by atoms with Gasteiger partial charge >= 0.3 is 55.9 Å². The fourth-order valence-corrected chi connectivity index (χ4v) is 0. The Morgan fingerprint density at radius 2 is 1.67 bits per heavy atom. The van der Waals surface area contributed by atoms with E-state index in [1.165, 1.54) is 0 Å². The van der Waals surface area contributed by atoms with E-state index in [1.807, 2.05) is 0 Å². The van der Waals surface area contributed by atoms with Gasteiger partial charge in [-0.1, -0.05) is 0 Å². The number of rotatable bonds is 0. The van der Waals surface area contributed by atoms with E-state index in [0.717, 1.165) is 16.9 Å². The van der Waals surface area contributed by atoms with Crippen LogP contribution in [0.1, 0.15) is 0 Å². The summed E-state index contributed by atoms with van der Waals surface area (Å²) in [5.41, 5.74) is 0. The van der Waals surface area contributed by atoms with Crippen molar-refractivity contribution in [2.24, 2.45) is 0 Å². The summed E-state index contributed by atoms with van der Waals surface area (Å²) in [6.45, 7) is 0. The van der Waals surface area contributed by atoms with Gasteiger partial charge in [-0.25, -0.2) is 0 Å². The number of carboxylic acid groups (broad SMARTS) is 1. The third-order valence-corrected chi connectivity index (χ3v) is 0. The molecule has 0 aliphatic heterocycles. The van der Waals surface area contributed by atoms with Gasteiger partial charge in [0.2, 0.25) is 0 Å². The summed E-state index contributed by atoms with van der Waals surface area (Å²) < 4.78 is -0.833. The predicted molar refractivity (Wildman–Crippen MR) is 33.7 cm³/mol. The third-order valence-electron chi connectivity index (χ3n) is 0. The van der Waals surface area contributed by atoms with E-state index in [4.69, 9.17) is 9.90 Å². The van der Waals surface area contributed by atoms with Crippen LogP contribution in [0.4, 0.5) is 4.79 Å². The molecule has 0 aliphatic carbocycles. The van der Waals surface area contributed by atoms with Gasteiger partial charge in [0.15, 0.2) is 17.4 Å². The molecule has 0 aromatic rings. The molecule has 0 amide bonds. The van der Waals surface area contributed by atoms with E-state index in [1.54, 1.807) is 0 Å². The molecule has 0 aromatic carbocycles. The van der Waals surface area contributed by atoms with Crippen LogP contribution >= 0.6 is 0 Å². The minimum atomic E-state index is -0.833. The second-order valence-corrected chi connectivity index (χ2v) is 1.20. The van der Waals surface area contributed by atoms with Gasteiger partial charge in [-0.2, -0.15) is 0 Å². The Hall–Kier alpha value is 1.38. The second kappa shape index (κ2) is 9.63. The molecule has 2 nitrogen and oxygen atoms in total. The van der Waals surface area contributed by atoms with Crippen molar-refractivity contribution in [3.8, 4) is 0 Å². The van der Waals surface area contributed by atoms with Gasteiger partial charge in [0.25, 0.3) is 0 Å². The molecule has 0 saturated heterocycles. The first-order valence-electron chi connectivity index (χ1n) is 0.678. The molecule has 2 radical (unpaired) electrons. The van der Waals surface area contributed by atoms with Gasteiger partial charge in [-0.05, 0) is 0 Å². The van der Waals surface area contributed by atoms with Crippen molar-refractivity contribution in [3.63, 3.8) is 0 Å². The standard InChI is InChI=1S/CH2AsO2.Al.Sb.5H/c2-1(3)4;;;;;;;/h2H,(H,3,4);;;;;;;. The van der Waals surface area contributed by atoms with Crippen molar-refractivity contribution < 1.29 is 9.90 Å². The molecule has 0 spiro atoms. The molecule has 0 atom stereocenters. The van der Waals surface area contributed by atoms with Gasteiger partial charge in [0.1, 0.15) is 0 Å². The van der Waals surface area contributed by atoms with E-state index < -0.39 is 4.76 Å². The van der Waals surface area contributed by atoms with Gasteiger partial charge in [-0.3, -0.25) is 0 Å². The minimum absolute atomic E-state index is 0. The van der Waals surface area contributed by atoms with Crippen LogP contribution in [0.2, 0.25) is 0 Å². The van der Waals surface area contributed by atoms with Crippen molar-refractivity contribution in [2.45, 2.75) is 0 Å². The maximum absolute atomic E-state index is 9.00. The maximum atomic E-state index is 9.00. The fraction of sp³-hybridized carbons (Fsp3) is 0. The first-order valence-corrected chi connectivity index (χ1v) is 1.73. The average molecular weight is 275 g/mol. The zero-order valence-electron chi connectivity index (χ0n) is 2.43. The normalized spacial score (nSPS) is 4.17. The van der Waals surface area contributed by atoms with E-state index in [0.29, 0.717) is 0 Å². The fourth-order valence-electron chi connectivity index (χ4n) is 0. The molecule has 0 fully saturated rings. The predicted octanol–water partition coefficient (Wildman–Crippen LogP) is -2.53. The summed E-state index contributed by atoms with van der Waals surface area (Å²) in [5.74, 6) is 0. The number of hydrogen-bond acceptors (Lipinski definition) is 1. The summed E-state index contributed by atoms with van der Waals surface area (Å²) in [7, 11) is 0. The van der Waals surface area contributed by atoms with Gasteiger partial charge in [-0.15, -0.1) is 0 Å². The Balaban J connectivity index is -0.0000000450. The van der Waals surface area contributed by atoms with Crippen molar-refractivity contribution in [1.82, 2.24) is 0 Å². The molecular weight excluding hydrogens is 268 g/mol. The molecule has 6 heavy (non-hydrogen) atoms. The molecule has 0 saturated carbocycles. The number of carbonyl (C=O) groups is 1. The first kappa shape index (κ1) is 15.7. The Morgan fingerprint density at radius 1 is 1.67 bits per heavy atom. The molecule has 1 N–H and O–H groups in total. The van der Waals surface area contributed by atoms with E-state index in [-0.39, 0.29) is 41.8 Å². The summed E-state index contributed by atoms with van der Waals surface area (Å²) in [4.78, 5) is 9.00. The van der Waals surface area contributed by atoms with Crippen molar-refractivity contribution in [3.05, 3.63) is 0 Å². The molecule has 0 aliphatic rings. The zero-order chi connectivity index (χ0) is 3.58. The quantitative estimate of drug-likeness (QED) is 0.495. The van der Waals surface area contributed by atoms with Crippen LogP contribution in [0, 0.1) is 0 Å². The van der Waals surface area contributed by atoms with Crippen LogP contribution < -0.4 is 0 Å². The molecule has 36 valence electrons. The van der Waals surface area contributed by atoms with Crippen LogP contribution in [-0.4, -0.2) is 68.5 Å². The summed E-state index contributed by atoms with van der Waals surface area (Å²) >= 11 is 1.08. The zero-order valence-corrected chi connectivity index (χ0v) is 7.83. The summed E-state index contributed by atoms with van der Waals surface area (Å²) in [6, 6.07) is 0. The van der Waals surface area contributed by atoms with E-state index in [2.05, 4.69) is 0 Å². The topological polar surface area (TPSA) is 37.3 Å². The Labute approximate surface area is 72.8 Å². The Kier molecular flexibility index (Phi) is 25.1. The molecule has 5 heteroatoms. The van der Waals surface area contributed by atoms with Crippen molar-refractivity contribution in [2.75, 3.05) is 0 Å². The SMILES string of the molecule is O=C(O)[AsH].[AlH3].[SbH2]. The molecule has 0 aromatic heterocycles. The van der Waals surface area contributed by atoms with Crippen LogP contribution in [0.5, 0.6) is 0 Å². The van der Waals surface area contributed by atoms with Gasteiger partial charge < -0.3 is 0 Å². The van der Waals surface area contributed by atoms with E-state index >= 15 is 0 Å². The van der Waals surface area contributed by atoms with Crippen LogP contribution in [0.3, 0.4) is 0 Å². The van der Waals surface area contributed by atoms with E-state index in [9.17, 15) is 0 Å². The molecular formula is CH7AlAsO2Sb. The third kappa shape index (κ3) is 54.2. The van der Waals surface area contributed by atoms with Crippen LogP contribution in [0.25, 0.3) is 0 Å². The Morgan fingerprint density at radius 3 is 1.67 bits per heavy atom. The van der Waals surface area contributed by atoms with Gasteiger partial charge in [0.05, 0.1) is 0 Å². The molecule has 0 heterocycles. The van der Waals surface area contributed by atoms with Crippen LogP contribution in [-0.2, 0) is 0 Å². The Bertz CT molecular complexity index is 36.5. The van der Waals surface area contributed by atoms with Gasteiger partial charge in [0, 0.05) is 0 Å². The average Bonchev–Trinajstić information content (AvgIpc) is 0.811. The molecule has 0 rings (SSSR count). The van der Waals surface area contributed by atoms with Crippen molar-refractivity contribution >= 4 is 63.4 Å².